The molecule has 0 aromatic heterocycles. The van der Waals surface area contributed by atoms with Crippen molar-refractivity contribution in [2.45, 2.75) is 19.4 Å². The summed E-state index contributed by atoms with van der Waals surface area (Å²) in [7, 11) is 0. The number of hydrogen-bond donors (Lipinski definition) is 1. The van der Waals surface area contributed by atoms with Crippen molar-refractivity contribution >= 4 is 11.6 Å². The predicted octanol–water partition coefficient (Wildman–Crippen LogP) is 4.12. The van der Waals surface area contributed by atoms with Crippen LogP contribution in [0.1, 0.15) is 29.2 Å². The van der Waals surface area contributed by atoms with Gasteiger partial charge in [0.15, 0.2) is 0 Å². The van der Waals surface area contributed by atoms with Crippen LogP contribution in [0.15, 0.2) is 48.5 Å². The van der Waals surface area contributed by atoms with Gasteiger partial charge in [-0.2, -0.15) is 0 Å². The van der Waals surface area contributed by atoms with Crippen LogP contribution in [0.2, 0.25) is 5.02 Å². The summed E-state index contributed by atoms with van der Waals surface area (Å²) in [6.07, 6.45) is -0.162. The van der Waals surface area contributed by atoms with Crippen molar-refractivity contribution in [3.8, 4) is 11.8 Å². The van der Waals surface area contributed by atoms with Crippen LogP contribution in [0.25, 0.3) is 0 Å². The van der Waals surface area contributed by atoms with E-state index in [9.17, 15) is 5.11 Å². The van der Waals surface area contributed by atoms with E-state index in [1.54, 1.807) is 12.1 Å². The van der Waals surface area contributed by atoms with Gasteiger partial charge in [-0.25, -0.2) is 0 Å². The van der Waals surface area contributed by atoms with E-state index in [2.05, 4.69) is 11.8 Å². The summed E-state index contributed by atoms with van der Waals surface area (Å²) >= 11 is 5.80. The van der Waals surface area contributed by atoms with Crippen molar-refractivity contribution < 1.29 is 5.11 Å². The third-order valence-corrected chi connectivity index (χ3v) is 3.09. The number of benzene rings is 2. The minimum absolute atomic E-state index is 0.412. The maximum atomic E-state index is 9.99. The first-order valence-electron chi connectivity index (χ1n) is 6.14. The molecule has 0 radical (unpaired) electrons. The number of aliphatic hydroxyl groups is 1. The first-order chi connectivity index (χ1) is 9.15. The van der Waals surface area contributed by atoms with Gasteiger partial charge in [0.2, 0.25) is 0 Å². The molecule has 19 heavy (non-hydrogen) atoms. The van der Waals surface area contributed by atoms with Crippen molar-refractivity contribution in [3.63, 3.8) is 0 Å². The van der Waals surface area contributed by atoms with E-state index in [4.69, 9.17) is 11.6 Å². The molecule has 0 spiro atoms. The number of rotatable bonds is 2. The van der Waals surface area contributed by atoms with E-state index in [0.717, 1.165) is 11.1 Å². The second kappa shape index (κ2) is 6.43. The van der Waals surface area contributed by atoms with Gasteiger partial charge in [-0.15, -0.1) is 0 Å². The van der Waals surface area contributed by atoms with Gasteiger partial charge < -0.3 is 5.11 Å². The normalized spacial score (nSPS) is 11.5. The van der Waals surface area contributed by atoms with E-state index in [-0.39, 0.29) is 0 Å². The standard InChI is InChI=1S/C17H15ClO/c1-13-5-7-14(8-6-13)3-2-4-17(19)15-9-11-16(18)12-10-15/h5-12,17,19H,4H2,1H3. The summed E-state index contributed by atoms with van der Waals surface area (Å²) in [4.78, 5) is 0. The SMILES string of the molecule is Cc1ccc(C#CCC(O)c2ccc(Cl)cc2)cc1. The Bertz CT molecular complexity index is 588. The Morgan fingerprint density at radius 3 is 2.32 bits per heavy atom. The van der Waals surface area contributed by atoms with E-state index >= 15 is 0 Å². The summed E-state index contributed by atoms with van der Waals surface area (Å²) in [6, 6.07) is 15.2. The van der Waals surface area contributed by atoms with Crippen molar-refractivity contribution in [2.75, 3.05) is 0 Å². The smallest absolute Gasteiger partial charge is 0.0899 e. The summed E-state index contributed by atoms with van der Waals surface area (Å²) < 4.78 is 0. The Morgan fingerprint density at radius 1 is 1.05 bits per heavy atom. The van der Waals surface area contributed by atoms with Crippen molar-refractivity contribution in [1.29, 1.82) is 0 Å². The van der Waals surface area contributed by atoms with Gasteiger partial charge in [-0.05, 0) is 36.8 Å². The lowest BCUT2D eigenvalue weighted by molar-refractivity contribution is 0.184. The van der Waals surface area contributed by atoms with Gasteiger partial charge in [-0.3, -0.25) is 0 Å². The second-order valence-electron chi connectivity index (χ2n) is 4.44. The highest BCUT2D eigenvalue weighted by Crippen LogP contribution is 2.18. The van der Waals surface area contributed by atoms with Crippen LogP contribution >= 0.6 is 11.6 Å². The number of halogens is 1. The molecule has 0 fully saturated rings. The Hall–Kier alpha value is -1.75. The highest BCUT2D eigenvalue weighted by molar-refractivity contribution is 6.30. The molecule has 1 nitrogen and oxygen atoms in total. The molecule has 1 atom stereocenters. The van der Waals surface area contributed by atoms with Gasteiger partial charge in [0.05, 0.1) is 6.10 Å². The third kappa shape index (κ3) is 4.13. The van der Waals surface area contributed by atoms with Crippen LogP contribution in [0.4, 0.5) is 0 Å². The molecular weight excluding hydrogens is 256 g/mol. The maximum Gasteiger partial charge on any atom is 0.0899 e. The number of hydrogen-bond acceptors (Lipinski definition) is 1. The molecule has 0 saturated carbocycles. The zero-order chi connectivity index (χ0) is 13.7. The van der Waals surface area contributed by atoms with Crippen molar-refractivity contribution in [2.24, 2.45) is 0 Å². The average molecular weight is 271 g/mol. The molecule has 0 amide bonds. The molecule has 2 rings (SSSR count). The molecule has 96 valence electrons. The topological polar surface area (TPSA) is 20.2 Å². The zero-order valence-electron chi connectivity index (χ0n) is 10.7. The molecule has 0 aliphatic rings. The fourth-order valence-electron chi connectivity index (χ4n) is 1.69. The Kier molecular flexibility index (Phi) is 4.63. The largest absolute Gasteiger partial charge is 0.387 e. The number of aryl methyl sites for hydroxylation is 1. The molecule has 0 aliphatic heterocycles. The molecular formula is C17H15ClO. The molecule has 0 saturated heterocycles. The highest BCUT2D eigenvalue weighted by atomic mass is 35.5. The van der Waals surface area contributed by atoms with E-state index in [1.165, 1.54) is 5.56 Å². The minimum Gasteiger partial charge on any atom is -0.387 e. The Morgan fingerprint density at radius 2 is 1.68 bits per heavy atom. The second-order valence-corrected chi connectivity index (χ2v) is 4.88. The monoisotopic (exact) mass is 270 g/mol. The molecule has 2 heteroatoms. The Balaban J connectivity index is 1.99. The van der Waals surface area contributed by atoms with Gasteiger partial charge >= 0.3 is 0 Å². The highest BCUT2D eigenvalue weighted by Gasteiger charge is 2.04. The minimum atomic E-state index is -0.574. The van der Waals surface area contributed by atoms with E-state index in [1.807, 2.05) is 43.3 Å². The molecule has 0 aliphatic carbocycles. The van der Waals surface area contributed by atoms with Crippen LogP contribution in [0.3, 0.4) is 0 Å². The summed E-state index contributed by atoms with van der Waals surface area (Å²) in [6.45, 7) is 2.04. The van der Waals surface area contributed by atoms with Gasteiger partial charge in [0, 0.05) is 17.0 Å². The van der Waals surface area contributed by atoms with Crippen LogP contribution in [0, 0.1) is 18.8 Å². The first-order valence-corrected chi connectivity index (χ1v) is 6.52. The predicted molar refractivity (Wildman–Crippen MR) is 79.1 cm³/mol. The van der Waals surface area contributed by atoms with Crippen molar-refractivity contribution in [1.82, 2.24) is 0 Å². The van der Waals surface area contributed by atoms with Gasteiger partial charge in [-0.1, -0.05) is 53.3 Å². The van der Waals surface area contributed by atoms with Crippen LogP contribution in [-0.2, 0) is 0 Å². The van der Waals surface area contributed by atoms with E-state index < -0.39 is 6.10 Å². The third-order valence-electron chi connectivity index (χ3n) is 2.83. The average Bonchev–Trinajstić information content (AvgIpc) is 2.41. The molecule has 0 heterocycles. The fourth-order valence-corrected chi connectivity index (χ4v) is 1.82. The molecule has 1 unspecified atom stereocenters. The summed E-state index contributed by atoms with van der Waals surface area (Å²) in [5.41, 5.74) is 3.02. The van der Waals surface area contributed by atoms with Crippen molar-refractivity contribution in [3.05, 3.63) is 70.2 Å². The van der Waals surface area contributed by atoms with Crippen LogP contribution in [0.5, 0.6) is 0 Å². The first kappa shape index (κ1) is 13.7. The zero-order valence-corrected chi connectivity index (χ0v) is 11.5. The number of aliphatic hydroxyl groups excluding tert-OH is 1. The van der Waals surface area contributed by atoms with Crippen LogP contribution < -0.4 is 0 Å². The van der Waals surface area contributed by atoms with Crippen LogP contribution in [-0.4, -0.2) is 5.11 Å². The molecule has 1 N–H and O–H groups in total. The van der Waals surface area contributed by atoms with E-state index in [0.29, 0.717) is 11.4 Å². The Labute approximate surface area is 118 Å². The molecule has 0 bridgehead atoms. The summed E-state index contributed by atoms with van der Waals surface area (Å²) in [5.74, 6) is 6.05. The lowest BCUT2D eigenvalue weighted by Gasteiger charge is -2.06. The summed E-state index contributed by atoms with van der Waals surface area (Å²) in [5, 5.41) is 10.7. The molecule has 2 aromatic carbocycles. The van der Waals surface area contributed by atoms with Gasteiger partial charge in [0.25, 0.3) is 0 Å². The quantitative estimate of drug-likeness (QED) is 0.814. The lowest BCUT2D eigenvalue weighted by Crippen LogP contribution is -1.95. The van der Waals surface area contributed by atoms with Gasteiger partial charge in [0.1, 0.15) is 0 Å². The molecule has 2 aromatic rings. The maximum absolute atomic E-state index is 9.99. The lowest BCUT2D eigenvalue weighted by atomic mass is 10.1. The fraction of sp³-hybridized carbons (Fsp3) is 0.176.